The van der Waals surface area contributed by atoms with Gasteiger partial charge in [-0.15, -0.1) is 0 Å². The zero-order chi connectivity index (χ0) is 17.4. The molecule has 0 aliphatic carbocycles. The highest BCUT2D eigenvalue weighted by Gasteiger charge is 2.33. The van der Waals surface area contributed by atoms with Crippen LogP contribution in [0.5, 0.6) is 5.88 Å². The number of ether oxygens (including phenoxy) is 1. The Morgan fingerprint density at radius 3 is 2.80 bits per heavy atom. The van der Waals surface area contributed by atoms with Gasteiger partial charge >= 0.3 is 0 Å². The Balaban J connectivity index is 1.88. The molecule has 7 heteroatoms. The van der Waals surface area contributed by atoms with E-state index in [-0.39, 0.29) is 24.1 Å². The molecule has 3 heterocycles. The van der Waals surface area contributed by atoms with Gasteiger partial charge in [-0.3, -0.25) is 9.89 Å². The average molecular weight is 338 g/mol. The molecule has 6 nitrogen and oxygen atoms in total. The average Bonchev–Trinajstić information content (AvgIpc) is 3.05. The van der Waals surface area contributed by atoms with Crippen molar-refractivity contribution in [3.8, 4) is 17.1 Å². The zero-order valence-electron chi connectivity index (χ0n) is 13.4. The number of halogens is 1. The number of rotatable bonds is 3. The predicted molar refractivity (Wildman–Crippen MR) is 89.9 cm³/mol. The van der Waals surface area contributed by atoms with Gasteiger partial charge < -0.3 is 10.1 Å². The number of hydrogen-bond acceptors (Lipinski definition) is 4. The second-order valence-electron chi connectivity index (χ2n) is 5.77. The molecule has 4 rings (SSSR count). The van der Waals surface area contributed by atoms with Gasteiger partial charge in [0.05, 0.1) is 12.8 Å². The molecule has 126 valence electrons. The quantitative estimate of drug-likeness (QED) is 0.769. The van der Waals surface area contributed by atoms with Crippen molar-refractivity contribution in [1.29, 1.82) is 0 Å². The van der Waals surface area contributed by atoms with Gasteiger partial charge in [-0.25, -0.2) is 9.37 Å². The van der Waals surface area contributed by atoms with E-state index in [0.29, 0.717) is 11.7 Å². The van der Waals surface area contributed by atoms with Gasteiger partial charge in [-0.2, -0.15) is 5.10 Å². The molecule has 25 heavy (non-hydrogen) atoms. The molecule has 0 bridgehead atoms. The number of aromatic nitrogens is 3. The van der Waals surface area contributed by atoms with Gasteiger partial charge in [0.15, 0.2) is 5.82 Å². The molecule has 0 spiro atoms. The molecule has 1 aromatic carbocycles. The normalized spacial score (nSPS) is 16.2. The highest BCUT2D eigenvalue weighted by molar-refractivity contribution is 5.96. The molecule has 2 aromatic heterocycles. The molecule has 0 fully saturated rings. The van der Waals surface area contributed by atoms with E-state index in [9.17, 15) is 9.18 Å². The number of aromatic amines is 1. The van der Waals surface area contributed by atoms with E-state index >= 15 is 0 Å². The van der Waals surface area contributed by atoms with Crippen molar-refractivity contribution in [2.45, 2.75) is 12.3 Å². The van der Waals surface area contributed by atoms with Gasteiger partial charge in [-0.05, 0) is 30.3 Å². The fourth-order valence-corrected chi connectivity index (χ4v) is 3.20. The topological polar surface area (TPSA) is 79.9 Å². The second kappa shape index (κ2) is 6.01. The number of fused-ring (bicyclic) bond motifs is 1. The van der Waals surface area contributed by atoms with Crippen LogP contribution in [0, 0.1) is 5.82 Å². The lowest BCUT2D eigenvalue weighted by atomic mass is 9.85. The number of nitrogens with one attached hydrogen (secondary N) is 2. The Bertz CT molecular complexity index is 937. The summed E-state index contributed by atoms with van der Waals surface area (Å²) >= 11 is 0. The van der Waals surface area contributed by atoms with Crippen molar-refractivity contribution in [3.63, 3.8) is 0 Å². The number of H-pyrrole nitrogens is 1. The number of benzene rings is 1. The molecule has 1 amide bonds. The van der Waals surface area contributed by atoms with E-state index in [1.807, 2.05) is 12.1 Å². The molecule has 0 saturated carbocycles. The van der Waals surface area contributed by atoms with E-state index < -0.39 is 0 Å². The van der Waals surface area contributed by atoms with Crippen LogP contribution in [-0.4, -0.2) is 28.2 Å². The van der Waals surface area contributed by atoms with Gasteiger partial charge in [0, 0.05) is 35.2 Å². The summed E-state index contributed by atoms with van der Waals surface area (Å²) < 4.78 is 18.6. The summed E-state index contributed by atoms with van der Waals surface area (Å²) in [5.74, 6) is 0.258. The Labute approximate surface area is 143 Å². The molecule has 3 aromatic rings. The summed E-state index contributed by atoms with van der Waals surface area (Å²) in [6.07, 6.45) is 1.89. The zero-order valence-corrected chi connectivity index (χ0v) is 13.4. The Kier molecular flexibility index (Phi) is 3.68. The highest BCUT2D eigenvalue weighted by atomic mass is 19.1. The first-order valence-corrected chi connectivity index (χ1v) is 7.80. The Hall–Kier alpha value is -3.22. The number of amides is 1. The van der Waals surface area contributed by atoms with Crippen LogP contribution >= 0.6 is 0 Å². The largest absolute Gasteiger partial charge is 0.481 e. The number of carbonyl (C=O) groups is 1. The molecule has 0 unspecified atom stereocenters. The first-order chi connectivity index (χ1) is 12.2. The molecule has 0 radical (unpaired) electrons. The van der Waals surface area contributed by atoms with E-state index in [2.05, 4.69) is 20.5 Å². The first kappa shape index (κ1) is 15.3. The van der Waals surface area contributed by atoms with Crippen LogP contribution in [0.3, 0.4) is 0 Å². The summed E-state index contributed by atoms with van der Waals surface area (Å²) in [5.41, 5.74) is 3.19. The van der Waals surface area contributed by atoms with Crippen LogP contribution in [0.1, 0.15) is 23.5 Å². The predicted octanol–water partition coefficient (Wildman–Crippen LogP) is 3.09. The maximum Gasteiger partial charge on any atom is 0.226 e. The molecular weight excluding hydrogens is 323 g/mol. The fourth-order valence-electron chi connectivity index (χ4n) is 3.20. The number of pyridine rings is 1. The lowest BCUT2D eigenvalue weighted by molar-refractivity contribution is -0.116. The molecular formula is C18H15FN4O2. The number of hydrogen-bond donors (Lipinski definition) is 2. The van der Waals surface area contributed by atoms with E-state index in [1.54, 1.807) is 25.4 Å². The molecule has 2 N–H and O–H groups in total. The van der Waals surface area contributed by atoms with E-state index in [4.69, 9.17) is 4.74 Å². The van der Waals surface area contributed by atoms with Crippen molar-refractivity contribution >= 4 is 11.7 Å². The summed E-state index contributed by atoms with van der Waals surface area (Å²) in [4.78, 5) is 16.4. The third kappa shape index (κ3) is 2.63. The second-order valence-corrected chi connectivity index (χ2v) is 5.77. The summed E-state index contributed by atoms with van der Waals surface area (Å²) in [7, 11) is 1.55. The van der Waals surface area contributed by atoms with Crippen molar-refractivity contribution in [1.82, 2.24) is 15.2 Å². The lowest BCUT2D eigenvalue weighted by Crippen LogP contribution is -2.23. The van der Waals surface area contributed by atoms with E-state index in [0.717, 1.165) is 22.4 Å². The van der Waals surface area contributed by atoms with Crippen LogP contribution in [0.25, 0.3) is 11.3 Å². The number of anilines is 1. The number of carbonyl (C=O) groups excluding carboxylic acids is 1. The minimum absolute atomic E-state index is 0.124. The van der Waals surface area contributed by atoms with Crippen LogP contribution in [0.15, 0.2) is 42.6 Å². The Morgan fingerprint density at radius 1 is 1.24 bits per heavy atom. The minimum Gasteiger partial charge on any atom is -0.481 e. The summed E-state index contributed by atoms with van der Waals surface area (Å²) in [5, 5.41) is 9.97. The Morgan fingerprint density at radius 2 is 2.04 bits per heavy atom. The number of nitrogens with zero attached hydrogens (tertiary/aromatic N) is 2. The van der Waals surface area contributed by atoms with Crippen LogP contribution in [0.2, 0.25) is 0 Å². The van der Waals surface area contributed by atoms with Crippen molar-refractivity contribution in [3.05, 3.63) is 59.5 Å². The van der Waals surface area contributed by atoms with Gasteiger partial charge in [-0.1, -0.05) is 6.07 Å². The van der Waals surface area contributed by atoms with Gasteiger partial charge in [0.2, 0.25) is 11.8 Å². The van der Waals surface area contributed by atoms with Crippen LogP contribution < -0.4 is 10.1 Å². The first-order valence-electron chi connectivity index (χ1n) is 7.80. The minimum atomic E-state index is -0.309. The van der Waals surface area contributed by atoms with Gasteiger partial charge in [0.25, 0.3) is 0 Å². The number of methoxy groups -OCH3 is 1. The highest BCUT2D eigenvalue weighted by Crippen LogP contribution is 2.43. The molecule has 1 aliphatic heterocycles. The maximum atomic E-state index is 13.3. The van der Waals surface area contributed by atoms with E-state index in [1.165, 1.54) is 12.1 Å². The van der Waals surface area contributed by atoms with Crippen molar-refractivity contribution in [2.75, 3.05) is 12.4 Å². The maximum absolute atomic E-state index is 13.3. The van der Waals surface area contributed by atoms with Crippen LogP contribution in [-0.2, 0) is 4.79 Å². The SMILES string of the molecule is COc1ncccc1[C@H]1CC(=O)Nc2n[nH]c(-c3ccc(F)cc3)c21. The fraction of sp³-hybridized carbons (Fsp3) is 0.167. The van der Waals surface area contributed by atoms with Gasteiger partial charge in [0.1, 0.15) is 5.82 Å². The van der Waals surface area contributed by atoms with Crippen molar-refractivity contribution < 1.29 is 13.9 Å². The summed E-state index contributed by atoms with van der Waals surface area (Å²) in [6.45, 7) is 0. The molecule has 0 saturated heterocycles. The molecule has 1 aliphatic rings. The lowest BCUT2D eigenvalue weighted by Gasteiger charge is -2.24. The third-order valence-electron chi connectivity index (χ3n) is 4.30. The standard InChI is InChI=1S/C18H15FN4O2/c1-25-18-12(3-2-8-20-18)13-9-14(24)21-17-15(13)16(22-23-17)10-4-6-11(19)7-5-10/h2-8,13H,9H2,1H3,(H2,21,22,23,24)/t13-/m1/s1. The summed E-state index contributed by atoms with van der Waals surface area (Å²) in [6, 6.07) is 9.84. The van der Waals surface area contributed by atoms with Crippen molar-refractivity contribution in [2.24, 2.45) is 0 Å². The third-order valence-corrected chi connectivity index (χ3v) is 4.30. The molecule has 1 atom stereocenters. The smallest absolute Gasteiger partial charge is 0.226 e. The van der Waals surface area contributed by atoms with Crippen LogP contribution in [0.4, 0.5) is 10.2 Å². The monoisotopic (exact) mass is 338 g/mol.